The minimum Gasteiger partial charge on any atom is -0.344 e. The Kier molecular flexibility index (Phi) is 16.8. The number of hydrogen-bond donors (Lipinski definition) is 4. The van der Waals surface area contributed by atoms with Crippen molar-refractivity contribution in [3.05, 3.63) is 215 Å². The number of nitrogens with one attached hydrogen (secondary N) is 4. The van der Waals surface area contributed by atoms with E-state index in [1.165, 1.54) is 0 Å². The van der Waals surface area contributed by atoms with E-state index in [1.54, 1.807) is 0 Å². The van der Waals surface area contributed by atoms with Crippen molar-refractivity contribution in [3.8, 4) is 0 Å². The predicted molar refractivity (Wildman–Crippen MR) is 251 cm³/mol. The zero-order valence-corrected chi connectivity index (χ0v) is 35.9. The Balaban J connectivity index is 1.06. The van der Waals surface area contributed by atoms with E-state index in [-0.39, 0.29) is 55.5 Å². The van der Waals surface area contributed by atoms with E-state index in [1.807, 2.05) is 182 Å². The average Bonchev–Trinajstić information content (AvgIpc) is 3.33. The number of carbonyl (C=O) groups is 3. The Morgan fingerprint density at radius 3 is 0.778 bits per heavy atom. The Morgan fingerprint density at radius 1 is 0.349 bits per heavy atom. The smallest absolute Gasteiger partial charge is 0.234 e. The molecule has 324 valence electrons. The van der Waals surface area contributed by atoms with E-state index in [9.17, 15) is 14.4 Å². The summed E-state index contributed by atoms with van der Waals surface area (Å²) < 4.78 is 0. The molecule has 1 heterocycles. The first kappa shape index (κ1) is 44.6. The van der Waals surface area contributed by atoms with Crippen molar-refractivity contribution < 1.29 is 14.4 Å². The highest BCUT2D eigenvalue weighted by molar-refractivity contribution is 5.80. The van der Waals surface area contributed by atoms with Gasteiger partial charge in [-0.1, -0.05) is 182 Å². The zero-order chi connectivity index (χ0) is 43.5. The maximum atomic E-state index is 14.1. The molecule has 7 rings (SSSR count). The number of carbonyl (C=O) groups excluding carboxylic acids is 3. The first-order chi connectivity index (χ1) is 31.0. The fourth-order valence-electron chi connectivity index (χ4n) is 8.15. The van der Waals surface area contributed by atoms with Crippen molar-refractivity contribution in [1.82, 2.24) is 36.0 Å². The van der Waals surface area contributed by atoms with E-state index >= 15 is 0 Å². The molecule has 0 atom stereocenters. The molecule has 3 amide bonds. The van der Waals surface area contributed by atoms with Gasteiger partial charge in [-0.2, -0.15) is 0 Å². The molecule has 1 aliphatic heterocycles. The topological polar surface area (TPSA) is 109 Å². The van der Waals surface area contributed by atoms with Crippen molar-refractivity contribution in [2.75, 3.05) is 72.0 Å². The van der Waals surface area contributed by atoms with Crippen LogP contribution in [0, 0.1) is 0 Å². The summed E-state index contributed by atoms with van der Waals surface area (Å²) in [7, 11) is 0. The highest BCUT2D eigenvalue weighted by atomic mass is 16.2. The average molecular weight is 842 g/mol. The van der Waals surface area contributed by atoms with Crippen LogP contribution in [0.15, 0.2) is 182 Å². The fourth-order valence-corrected chi connectivity index (χ4v) is 8.15. The molecule has 6 aromatic rings. The summed E-state index contributed by atoms with van der Waals surface area (Å²) in [6.45, 7) is 5.40. The van der Waals surface area contributed by atoms with Crippen LogP contribution >= 0.6 is 0 Å². The summed E-state index contributed by atoms with van der Waals surface area (Å²) in [4.78, 5) is 48.4. The van der Waals surface area contributed by atoms with Crippen LogP contribution in [0.1, 0.15) is 51.5 Å². The third-order valence-corrected chi connectivity index (χ3v) is 11.5. The van der Waals surface area contributed by atoms with E-state index in [0.29, 0.717) is 52.4 Å². The summed E-state index contributed by atoms with van der Waals surface area (Å²) in [5.41, 5.74) is 6.07. The summed E-state index contributed by atoms with van der Waals surface area (Å²) in [6.07, 6.45) is 0. The number of benzene rings is 6. The van der Waals surface area contributed by atoms with Crippen LogP contribution in [0.3, 0.4) is 0 Å². The van der Waals surface area contributed by atoms with Crippen LogP contribution in [0.2, 0.25) is 0 Å². The van der Waals surface area contributed by atoms with Gasteiger partial charge in [0.2, 0.25) is 17.7 Å². The summed E-state index contributed by atoms with van der Waals surface area (Å²) >= 11 is 0. The normalized spacial score (nSPS) is 14.7. The standard InChI is InChI=1S/C53H59N7O3/c61-48(55-51(42-19-7-1-8-20-42)43-21-9-2-10-22-43)39-58-33-31-54-32-34-59(40-49(62)56-52(44-23-11-3-12-24-44)45-25-13-4-14-26-45)36-38-60(37-35-58)41-50(63)57-53(46-27-15-5-16-28-46)47-29-17-6-18-30-47/h1-30,51-54H,31-41H2,(H,55,61)(H,56,62)(H,57,63). The minimum absolute atomic E-state index is 0.0702. The Bertz CT molecular complexity index is 2040. The Labute approximate surface area is 372 Å². The first-order valence-corrected chi connectivity index (χ1v) is 22.0. The second-order valence-corrected chi connectivity index (χ2v) is 16.0. The third-order valence-electron chi connectivity index (χ3n) is 11.5. The lowest BCUT2D eigenvalue weighted by molar-refractivity contribution is -0.124. The van der Waals surface area contributed by atoms with Gasteiger partial charge < -0.3 is 21.3 Å². The quantitative estimate of drug-likeness (QED) is 0.0975. The Hall–Kier alpha value is -6.43. The molecule has 0 aliphatic carbocycles. The molecule has 1 aliphatic rings. The lowest BCUT2D eigenvalue weighted by Gasteiger charge is -2.32. The van der Waals surface area contributed by atoms with Crippen molar-refractivity contribution in [2.24, 2.45) is 0 Å². The molecule has 0 spiro atoms. The molecular weight excluding hydrogens is 783 g/mol. The van der Waals surface area contributed by atoms with E-state index in [4.69, 9.17) is 0 Å². The van der Waals surface area contributed by atoms with Crippen LogP contribution < -0.4 is 21.3 Å². The molecule has 0 bridgehead atoms. The highest BCUT2D eigenvalue weighted by Crippen LogP contribution is 2.24. The number of amides is 3. The minimum atomic E-state index is -0.317. The van der Waals surface area contributed by atoms with Gasteiger partial charge in [0.15, 0.2) is 0 Å². The maximum absolute atomic E-state index is 14.1. The van der Waals surface area contributed by atoms with Crippen LogP contribution in [-0.4, -0.2) is 104 Å². The second kappa shape index (κ2) is 23.7. The second-order valence-electron chi connectivity index (χ2n) is 16.0. The summed E-state index contributed by atoms with van der Waals surface area (Å²) in [5.74, 6) is -0.240. The molecule has 6 aromatic carbocycles. The molecular formula is C53H59N7O3. The van der Waals surface area contributed by atoms with Gasteiger partial charge in [0.25, 0.3) is 0 Å². The molecule has 0 aromatic heterocycles. The van der Waals surface area contributed by atoms with Gasteiger partial charge in [-0.15, -0.1) is 0 Å². The van der Waals surface area contributed by atoms with E-state index in [2.05, 4.69) is 36.0 Å². The molecule has 0 saturated carbocycles. The summed E-state index contributed by atoms with van der Waals surface area (Å²) in [6, 6.07) is 59.3. The lowest BCUT2D eigenvalue weighted by Crippen LogP contribution is -2.50. The van der Waals surface area contributed by atoms with E-state index in [0.717, 1.165) is 33.4 Å². The van der Waals surface area contributed by atoms with Crippen LogP contribution in [0.25, 0.3) is 0 Å². The van der Waals surface area contributed by atoms with Crippen molar-refractivity contribution in [2.45, 2.75) is 18.1 Å². The van der Waals surface area contributed by atoms with E-state index < -0.39 is 0 Å². The number of rotatable bonds is 15. The van der Waals surface area contributed by atoms with Crippen molar-refractivity contribution >= 4 is 17.7 Å². The molecule has 63 heavy (non-hydrogen) atoms. The maximum Gasteiger partial charge on any atom is 0.234 e. The van der Waals surface area contributed by atoms with Crippen molar-refractivity contribution in [3.63, 3.8) is 0 Å². The monoisotopic (exact) mass is 841 g/mol. The van der Waals surface area contributed by atoms with Gasteiger partial charge in [0.1, 0.15) is 0 Å². The summed E-state index contributed by atoms with van der Waals surface area (Å²) in [5, 5.41) is 13.5. The highest BCUT2D eigenvalue weighted by Gasteiger charge is 2.24. The van der Waals surface area contributed by atoms with Gasteiger partial charge in [0, 0.05) is 52.4 Å². The molecule has 1 saturated heterocycles. The third kappa shape index (κ3) is 13.8. The largest absolute Gasteiger partial charge is 0.344 e. The molecule has 0 radical (unpaired) electrons. The molecule has 10 heteroatoms. The van der Waals surface area contributed by atoms with Crippen LogP contribution in [0.4, 0.5) is 0 Å². The SMILES string of the molecule is O=C(CN1CCNCCN(CC(=O)NC(c2ccccc2)c2ccccc2)CCN(CC(=O)NC(c2ccccc2)c2ccccc2)CC1)NC(c1ccccc1)c1ccccc1. The van der Waals surface area contributed by atoms with Gasteiger partial charge in [-0.25, -0.2) is 0 Å². The number of hydrogen-bond acceptors (Lipinski definition) is 7. The first-order valence-electron chi connectivity index (χ1n) is 22.0. The van der Waals surface area contributed by atoms with Crippen molar-refractivity contribution in [1.29, 1.82) is 0 Å². The van der Waals surface area contributed by atoms with Crippen LogP contribution in [-0.2, 0) is 14.4 Å². The molecule has 0 unspecified atom stereocenters. The molecule has 1 fully saturated rings. The molecule has 4 N–H and O–H groups in total. The van der Waals surface area contributed by atoms with Crippen LogP contribution in [0.5, 0.6) is 0 Å². The van der Waals surface area contributed by atoms with Gasteiger partial charge in [-0.05, 0) is 33.4 Å². The zero-order valence-electron chi connectivity index (χ0n) is 35.9. The predicted octanol–water partition coefficient (Wildman–Crippen LogP) is 6.21. The Morgan fingerprint density at radius 2 is 0.556 bits per heavy atom. The van der Waals surface area contributed by atoms with Gasteiger partial charge >= 0.3 is 0 Å². The molecule has 10 nitrogen and oxygen atoms in total. The van der Waals surface area contributed by atoms with Gasteiger partial charge in [0.05, 0.1) is 37.8 Å². The lowest BCUT2D eigenvalue weighted by atomic mass is 9.98. The number of nitrogens with zero attached hydrogens (tertiary/aromatic N) is 3. The van der Waals surface area contributed by atoms with Gasteiger partial charge in [-0.3, -0.25) is 29.1 Å². The fraction of sp³-hybridized carbons (Fsp3) is 0.264.